The van der Waals surface area contributed by atoms with Gasteiger partial charge in [-0.25, -0.2) is 9.97 Å². The van der Waals surface area contributed by atoms with Crippen LogP contribution in [0.4, 0.5) is 5.82 Å². The highest BCUT2D eigenvalue weighted by molar-refractivity contribution is 5.91. The molecule has 0 spiro atoms. The number of unbranched alkanes of at least 4 members (excludes halogenated alkanes) is 3. The molecule has 2 aromatic heterocycles. The van der Waals surface area contributed by atoms with Crippen molar-refractivity contribution in [1.82, 2.24) is 25.6 Å². The topological polar surface area (TPSA) is 96.4 Å². The van der Waals surface area contributed by atoms with Gasteiger partial charge in [-0.3, -0.25) is 9.98 Å². The van der Waals surface area contributed by atoms with Crippen molar-refractivity contribution in [2.75, 3.05) is 39.1 Å². The highest BCUT2D eigenvalue weighted by atomic mass is 35.5. The van der Waals surface area contributed by atoms with Gasteiger partial charge in [0.1, 0.15) is 11.6 Å². The van der Waals surface area contributed by atoms with E-state index in [4.69, 9.17) is 14.7 Å². The number of anilines is 1. The maximum atomic E-state index is 5.41. The molecule has 2 heterocycles. The van der Waals surface area contributed by atoms with Gasteiger partial charge in [0, 0.05) is 38.3 Å². The summed E-state index contributed by atoms with van der Waals surface area (Å²) < 4.78 is 5.41. The highest BCUT2D eigenvalue weighted by Gasteiger charge is 2.08. The maximum absolute atomic E-state index is 5.41. The Labute approximate surface area is 238 Å². The van der Waals surface area contributed by atoms with E-state index >= 15 is 0 Å². The highest BCUT2D eigenvalue weighted by Crippen LogP contribution is 2.25. The van der Waals surface area contributed by atoms with E-state index in [2.05, 4.69) is 32.9 Å². The number of nitrogens with one attached hydrogen (secondary N) is 3. The second-order valence-corrected chi connectivity index (χ2v) is 7.77. The zero-order chi connectivity index (χ0) is 24.0. The molecular formula is C26H38Cl3N7O. The molecule has 1 aromatic carbocycles. The van der Waals surface area contributed by atoms with E-state index < -0.39 is 0 Å². The molecule has 0 saturated heterocycles. The van der Waals surface area contributed by atoms with Crippen LogP contribution in [-0.4, -0.2) is 54.7 Å². The molecule has 0 amide bonds. The molecule has 0 fully saturated rings. The lowest BCUT2D eigenvalue weighted by Crippen LogP contribution is -2.37. The molecule has 3 aromatic rings. The number of fused-ring (bicyclic) bond motifs is 1. The zero-order valence-corrected chi connectivity index (χ0v) is 24.0. The molecule has 0 bridgehead atoms. The smallest absolute Gasteiger partial charge is 0.190 e. The Kier molecular flexibility index (Phi) is 17.9. The fraction of sp³-hybridized carbons (Fsp3) is 0.385. The minimum Gasteiger partial charge on any atom is -0.497 e. The average Bonchev–Trinajstić information content (AvgIpc) is 2.88. The number of benzene rings is 1. The minimum atomic E-state index is 0. The standard InChI is InChI=1S/C26H35N7O.3ClH/c1-4-28-26(27-2)31-18-9-6-5-8-17-30-25-22-19-21(34-3)13-14-23(22)32-24(33-25)15-12-20-11-7-10-16-29-20;;;/h7,10-16,19H,4-6,8-9,17-18H2,1-3H3,(H2,27,28,31)(H,30,32,33);3*1H. The Morgan fingerprint density at radius 3 is 2.41 bits per heavy atom. The molecule has 204 valence electrons. The van der Waals surface area contributed by atoms with Gasteiger partial charge >= 0.3 is 0 Å². The predicted octanol–water partition coefficient (Wildman–Crippen LogP) is 5.63. The van der Waals surface area contributed by atoms with Crippen LogP contribution < -0.4 is 20.7 Å². The van der Waals surface area contributed by atoms with Gasteiger partial charge in [-0.05, 0) is 62.2 Å². The number of aromatic nitrogens is 3. The number of ether oxygens (including phenoxy) is 1. The lowest BCUT2D eigenvalue weighted by molar-refractivity contribution is 0.415. The van der Waals surface area contributed by atoms with Crippen LogP contribution in [0.25, 0.3) is 23.1 Å². The van der Waals surface area contributed by atoms with Gasteiger partial charge in [0.15, 0.2) is 11.8 Å². The monoisotopic (exact) mass is 569 g/mol. The van der Waals surface area contributed by atoms with E-state index in [0.717, 1.165) is 79.4 Å². The van der Waals surface area contributed by atoms with Gasteiger partial charge in [-0.2, -0.15) is 0 Å². The van der Waals surface area contributed by atoms with E-state index in [1.54, 1.807) is 20.4 Å². The molecule has 0 aliphatic heterocycles. The number of hydrogen-bond acceptors (Lipinski definition) is 6. The molecule has 0 radical (unpaired) electrons. The van der Waals surface area contributed by atoms with Crippen molar-refractivity contribution in [1.29, 1.82) is 0 Å². The number of nitrogens with zero attached hydrogens (tertiary/aromatic N) is 4. The first kappa shape index (κ1) is 34.2. The molecule has 3 N–H and O–H groups in total. The van der Waals surface area contributed by atoms with Crippen molar-refractivity contribution in [3.8, 4) is 5.75 Å². The number of hydrogen-bond donors (Lipinski definition) is 3. The third kappa shape index (κ3) is 11.4. The van der Waals surface area contributed by atoms with E-state index in [1.807, 2.05) is 48.6 Å². The van der Waals surface area contributed by atoms with Crippen LogP contribution >= 0.6 is 37.2 Å². The van der Waals surface area contributed by atoms with Gasteiger partial charge in [0.05, 0.1) is 18.3 Å². The van der Waals surface area contributed by atoms with Crippen molar-refractivity contribution < 1.29 is 4.74 Å². The van der Waals surface area contributed by atoms with Gasteiger partial charge in [-0.15, -0.1) is 37.2 Å². The Bertz CT molecular complexity index is 1100. The van der Waals surface area contributed by atoms with Crippen LogP contribution in [-0.2, 0) is 0 Å². The molecule has 0 saturated carbocycles. The molecule has 0 atom stereocenters. The summed E-state index contributed by atoms with van der Waals surface area (Å²) in [6, 6.07) is 11.7. The van der Waals surface area contributed by atoms with Crippen molar-refractivity contribution in [3.05, 3.63) is 54.1 Å². The van der Waals surface area contributed by atoms with Crippen molar-refractivity contribution in [2.24, 2.45) is 4.99 Å². The summed E-state index contributed by atoms with van der Waals surface area (Å²) in [7, 11) is 3.46. The first-order chi connectivity index (χ1) is 16.7. The summed E-state index contributed by atoms with van der Waals surface area (Å²) in [5.74, 6) is 3.12. The average molecular weight is 571 g/mol. The van der Waals surface area contributed by atoms with Crippen molar-refractivity contribution >= 4 is 72.1 Å². The summed E-state index contributed by atoms with van der Waals surface area (Å²) in [5, 5.41) is 11.0. The van der Waals surface area contributed by atoms with E-state index in [-0.39, 0.29) is 37.2 Å². The molecule has 3 rings (SSSR count). The Hall–Kier alpha value is -2.81. The van der Waals surface area contributed by atoms with Gasteiger partial charge in [0.2, 0.25) is 0 Å². The molecule has 0 aliphatic carbocycles. The van der Waals surface area contributed by atoms with Crippen LogP contribution in [0.1, 0.15) is 44.1 Å². The van der Waals surface area contributed by atoms with E-state index in [0.29, 0.717) is 5.82 Å². The Morgan fingerprint density at radius 2 is 1.73 bits per heavy atom. The van der Waals surface area contributed by atoms with Crippen LogP contribution in [0.5, 0.6) is 5.75 Å². The van der Waals surface area contributed by atoms with Gasteiger partial charge < -0.3 is 20.7 Å². The van der Waals surface area contributed by atoms with Gasteiger partial charge in [-0.1, -0.05) is 18.9 Å². The first-order valence-electron chi connectivity index (χ1n) is 11.9. The van der Waals surface area contributed by atoms with Crippen molar-refractivity contribution in [3.63, 3.8) is 0 Å². The third-order valence-corrected chi connectivity index (χ3v) is 5.27. The predicted molar refractivity (Wildman–Crippen MR) is 163 cm³/mol. The minimum absolute atomic E-state index is 0. The number of halogens is 3. The second kappa shape index (κ2) is 19.3. The number of rotatable bonds is 12. The lowest BCUT2D eigenvalue weighted by atomic mass is 10.2. The molecule has 0 unspecified atom stereocenters. The summed E-state index contributed by atoms with van der Waals surface area (Å²) in [6.07, 6.45) is 10.1. The Balaban J connectivity index is 0.00000432. The zero-order valence-electron chi connectivity index (χ0n) is 21.6. The number of methoxy groups -OCH3 is 1. The van der Waals surface area contributed by atoms with Crippen molar-refractivity contribution in [2.45, 2.75) is 32.6 Å². The quantitative estimate of drug-likeness (QED) is 0.148. The summed E-state index contributed by atoms with van der Waals surface area (Å²) >= 11 is 0. The van der Waals surface area contributed by atoms with Crippen LogP contribution in [0.15, 0.2) is 47.6 Å². The van der Waals surface area contributed by atoms with Crippen LogP contribution in [0.2, 0.25) is 0 Å². The number of guanidine groups is 1. The van der Waals surface area contributed by atoms with E-state index in [9.17, 15) is 0 Å². The molecule has 8 nitrogen and oxygen atoms in total. The Morgan fingerprint density at radius 1 is 0.946 bits per heavy atom. The normalized spacial score (nSPS) is 10.7. The molecule has 11 heteroatoms. The summed E-state index contributed by atoms with van der Waals surface area (Å²) in [4.78, 5) is 18.0. The lowest BCUT2D eigenvalue weighted by Gasteiger charge is -2.11. The summed E-state index contributed by atoms with van der Waals surface area (Å²) in [5.41, 5.74) is 1.74. The summed E-state index contributed by atoms with van der Waals surface area (Å²) in [6.45, 7) is 4.71. The molecular weight excluding hydrogens is 533 g/mol. The fourth-order valence-corrected chi connectivity index (χ4v) is 3.50. The largest absolute Gasteiger partial charge is 0.497 e. The van der Waals surface area contributed by atoms with E-state index in [1.165, 1.54) is 0 Å². The number of aliphatic imine (C=N–C) groups is 1. The molecule has 0 aliphatic rings. The maximum Gasteiger partial charge on any atom is 0.190 e. The number of pyridine rings is 1. The molecule has 37 heavy (non-hydrogen) atoms. The first-order valence-corrected chi connectivity index (χ1v) is 11.9. The third-order valence-electron chi connectivity index (χ3n) is 5.27. The SMILES string of the molecule is CCNC(=NC)NCCCCCCNc1nc(C=Cc2ccccn2)nc2ccc(OC)cc12.Cl.Cl.Cl. The van der Waals surface area contributed by atoms with Gasteiger partial charge in [0.25, 0.3) is 0 Å². The van der Waals surface area contributed by atoms with Crippen LogP contribution in [0.3, 0.4) is 0 Å². The second-order valence-electron chi connectivity index (χ2n) is 7.77. The fourth-order valence-electron chi connectivity index (χ4n) is 3.50. The van der Waals surface area contributed by atoms with Crippen LogP contribution in [0, 0.1) is 0 Å².